The molecule has 15 heavy (non-hydrogen) atoms. The van der Waals surface area contributed by atoms with Gasteiger partial charge in [-0.05, 0) is 11.4 Å². The van der Waals surface area contributed by atoms with Crippen molar-refractivity contribution in [1.29, 1.82) is 0 Å². The Morgan fingerprint density at radius 2 is 2.27 bits per heavy atom. The summed E-state index contributed by atoms with van der Waals surface area (Å²) in [5.41, 5.74) is 5.19. The number of carbonyl (C=O) groups excluding carboxylic acids is 1. The molecule has 0 saturated heterocycles. The van der Waals surface area contributed by atoms with Gasteiger partial charge >= 0.3 is 5.97 Å². The number of nitrogens with two attached hydrogens (primary N) is 1. The van der Waals surface area contributed by atoms with Crippen molar-refractivity contribution in [1.82, 2.24) is 0 Å². The third-order valence-electron chi connectivity index (χ3n) is 1.72. The molecule has 0 saturated carbocycles. The van der Waals surface area contributed by atoms with Gasteiger partial charge in [-0.2, -0.15) is 0 Å². The summed E-state index contributed by atoms with van der Waals surface area (Å²) >= 11 is 1.04. The fraction of sp³-hybridized carbons (Fsp3) is 0.375. The average molecular weight is 249 g/mol. The third kappa shape index (κ3) is 2.55. The van der Waals surface area contributed by atoms with Crippen molar-refractivity contribution in [2.45, 2.75) is 4.90 Å². The number of hydrogen-bond donors (Lipinski definition) is 1. The van der Waals surface area contributed by atoms with E-state index in [2.05, 4.69) is 4.74 Å². The molecular formula is C8H11NO4S2. The molecule has 0 amide bonds. The molecule has 0 atom stereocenters. The first-order chi connectivity index (χ1) is 7.03. The van der Waals surface area contributed by atoms with Crippen LogP contribution >= 0.6 is 11.3 Å². The fourth-order valence-electron chi connectivity index (χ4n) is 1.05. The van der Waals surface area contributed by atoms with E-state index in [1.165, 1.54) is 18.6 Å². The topological polar surface area (TPSA) is 86.5 Å². The van der Waals surface area contributed by atoms with E-state index in [0.29, 0.717) is 0 Å². The van der Waals surface area contributed by atoms with Gasteiger partial charge in [0.15, 0.2) is 9.84 Å². The van der Waals surface area contributed by atoms with Gasteiger partial charge < -0.3 is 10.5 Å². The molecule has 0 aliphatic carbocycles. The summed E-state index contributed by atoms with van der Waals surface area (Å²) in [5, 5.41) is 1.54. The molecule has 0 spiro atoms. The standard InChI is InChI=1S/C8H11NO4S2/c1-13-8(10)7-6(2-4-14-7)15(11,12)5-3-9/h2,4H,3,5,9H2,1H3. The molecule has 84 valence electrons. The maximum absolute atomic E-state index is 11.7. The molecule has 0 unspecified atom stereocenters. The number of rotatable bonds is 4. The van der Waals surface area contributed by atoms with Crippen LogP contribution in [0, 0.1) is 0 Å². The van der Waals surface area contributed by atoms with E-state index in [4.69, 9.17) is 5.73 Å². The number of ether oxygens (including phenoxy) is 1. The molecule has 0 aliphatic heterocycles. The molecule has 0 aromatic carbocycles. The van der Waals surface area contributed by atoms with E-state index in [1.807, 2.05) is 0 Å². The smallest absolute Gasteiger partial charge is 0.349 e. The number of sulfone groups is 1. The Bertz CT molecular complexity index is 449. The van der Waals surface area contributed by atoms with E-state index in [-0.39, 0.29) is 22.1 Å². The molecule has 7 heteroatoms. The first-order valence-electron chi connectivity index (χ1n) is 4.11. The molecule has 1 rings (SSSR count). The Morgan fingerprint density at radius 1 is 1.60 bits per heavy atom. The van der Waals surface area contributed by atoms with Crippen LogP contribution in [0.25, 0.3) is 0 Å². The summed E-state index contributed by atoms with van der Waals surface area (Å²) in [6.45, 7) is 0.0266. The van der Waals surface area contributed by atoms with Gasteiger partial charge in [-0.25, -0.2) is 13.2 Å². The van der Waals surface area contributed by atoms with E-state index in [0.717, 1.165) is 11.3 Å². The minimum absolute atomic E-state index is 0.00444. The third-order valence-corrected chi connectivity index (χ3v) is 4.53. The van der Waals surface area contributed by atoms with Crippen LogP contribution in [0.1, 0.15) is 9.67 Å². The molecule has 0 bridgehead atoms. The number of carbonyl (C=O) groups is 1. The Labute approximate surface area is 91.8 Å². The monoisotopic (exact) mass is 249 g/mol. The predicted octanol–water partition coefficient (Wildman–Crippen LogP) is 0.267. The lowest BCUT2D eigenvalue weighted by Gasteiger charge is -2.02. The Morgan fingerprint density at radius 3 is 2.80 bits per heavy atom. The minimum Gasteiger partial charge on any atom is -0.465 e. The maximum atomic E-state index is 11.7. The molecule has 0 radical (unpaired) electrons. The highest BCUT2D eigenvalue weighted by atomic mass is 32.2. The van der Waals surface area contributed by atoms with Crippen LogP contribution in [0.3, 0.4) is 0 Å². The van der Waals surface area contributed by atoms with Gasteiger partial charge in [-0.15, -0.1) is 11.3 Å². The molecule has 0 aliphatic rings. The Balaban J connectivity index is 3.16. The first kappa shape index (κ1) is 12.2. The summed E-state index contributed by atoms with van der Waals surface area (Å²) in [4.78, 5) is 11.3. The minimum atomic E-state index is -3.47. The normalized spacial score (nSPS) is 11.3. The second-order valence-electron chi connectivity index (χ2n) is 2.71. The zero-order valence-corrected chi connectivity index (χ0v) is 9.73. The molecule has 1 heterocycles. The van der Waals surface area contributed by atoms with Gasteiger partial charge in [0.05, 0.1) is 17.8 Å². The lowest BCUT2D eigenvalue weighted by atomic mass is 10.5. The van der Waals surface area contributed by atoms with E-state index in [1.54, 1.807) is 0 Å². The summed E-state index contributed by atoms with van der Waals surface area (Å²) in [5.74, 6) is -0.811. The predicted molar refractivity (Wildman–Crippen MR) is 56.8 cm³/mol. The maximum Gasteiger partial charge on any atom is 0.349 e. The summed E-state index contributed by atoms with van der Waals surface area (Å²) in [6, 6.07) is 1.39. The van der Waals surface area contributed by atoms with E-state index >= 15 is 0 Å². The molecule has 1 aromatic heterocycles. The van der Waals surface area contributed by atoms with Gasteiger partial charge in [-0.3, -0.25) is 0 Å². The Kier molecular flexibility index (Phi) is 3.83. The number of methoxy groups -OCH3 is 1. The molecule has 0 fully saturated rings. The zero-order chi connectivity index (χ0) is 11.5. The molecule has 2 N–H and O–H groups in total. The second kappa shape index (κ2) is 4.73. The van der Waals surface area contributed by atoms with Gasteiger partial charge in [0.25, 0.3) is 0 Å². The van der Waals surface area contributed by atoms with E-state index < -0.39 is 15.8 Å². The quantitative estimate of drug-likeness (QED) is 0.774. The summed E-state index contributed by atoms with van der Waals surface area (Å²) in [6.07, 6.45) is 0. The number of thiophene rings is 1. The first-order valence-corrected chi connectivity index (χ1v) is 6.64. The van der Waals surface area contributed by atoms with Crippen LogP contribution in [0.5, 0.6) is 0 Å². The van der Waals surface area contributed by atoms with Crippen LogP contribution in [-0.4, -0.2) is 33.8 Å². The highest BCUT2D eigenvalue weighted by Gasteiger charge is 2.23. The lowest BCUT2D eigenvalue weighted by Crippen LogP contribution is -2.17. The molecular weight excluding hydrogens is 238 g/mol. The molecule has 1 aromatic rings. The second-order valence-corrected chi connectivity index (χ2v) is 5.71. The van der Waals surface area contributed by atoms with Crippen molar-refractivity contribution in [2.24, 2.45) is 5.73 Å². The van der Waals surface area contributed by atoms with Crippen molar-refractivity contribution < 1.29 is 17.9 Å². The van der Waals surface area contributed by atoms with Gasteiger partial charge in [0, 0.05) is 6.54 Å². The summed E-state index contributed by atoms with van der Waals surface area (Å²) in [7, 11) is -2.26. The number of esters is 1. The van der Waals surface area contributed by atoms with Crippen LogP contribution < -0.4 is 5.73 Å². The SMILES string of the molecule is COC(=O)c1sccc1S(=O)(=O)CCN. The van der Waals surface area contributed by atoms with Crippen LogP contribution in [0.15, 0.2) is 16.3 Å². The van der Waals surface area contributed by atoms with Crippen molar-refractivity contribution in [3.63, 3.8) is 0 Å². The highest BCUT2D eigenvalue weighted by molar-refractivity contribution is 7.91. The van der Waals surface area contributed by atoms with E-state index in [9.17, 15) is 13.2 Å². The lowest BCUT2D eigenvalue weighted by molar-refractivity contribution is 0.0602. The average Bonchev–Trinajstić information content (AvgIpc) is 2.65. The van der Waals surface area contributed by atoms with Gasteiger partial charge in [-0.1, -0.05) is 0 Å². The van der Waals surface area contributed by atoms with Crippen LogP contribution in [0.4, 0.5) is 0 Å². The van der Waals surface area contributed by atoms with Crippen molar-refractivity contribution in [3.8, 4) is 0 Å². The highest BCUT2D eigenvalue weighted by Crippen LogP contribution is 2.23. The Hall–Kier alpha value is -0.920. The fourth-order valence-corrected chi connectivity index (χ4v) is 3.54. The van der Waals surface area contributed by atoms with Gasteiger partial charge in [0.2, 0.25) is 0 Å². The van der Waals surface area contributed by atoms with Crippen molar-refractivity contribution in [3.05, 3.63) is 16.3 Å². The largest absolute Gasteiger partial charge is 0.465 e. The zero-order valence-electron chi connectivity index (χ0n) is 8.10. The summed E-state index contributed by atoms with van der Waals surface area (Å²) < 4.78 is 27.8. The van der Waals surface area contributed by atoms with Crippen LogP contribution in [-0.2, 0) is 14.6 Å². The van der Waals surface area contributed by atoms with Crippen molar-refractivity contribution >= 4 is 27.1 Å². The van der Waals surface area contributed by atoms with Crippen LogP contribution in [0.2, 0.25) is 0 Å². The van der Waals surface area contributed by atoms with Gasteiger partial charge in [0.1, 0.15) is 4.88 Å². The van der Waals surface area contributed by atoms with Crippen molar-refractivity contribution in [2.75, 3.05) is 19.4 Å². The number of hydrogen-bond acceptors (Lipinski definition) is 6. The molecule has 5 nitrogen and oxygen atoms in total.